The summed E-state index contributed by atoms with van der Waals surface area (Å²) in [6.45, 7) is 0.286. The fourth-order valence-corrected chi connectivity index (χ4v) is 1.34. The molecule has 0 spiro atoms. The average molecular weight is 229 g/mol. The zero-order valence-electron chi connectivity index (χ0n) is 5.02. The van der Waals surface area contributed by atoms with Crippen molar-refractivity contribution in [2.24, 2.45) is 0 Å². The minimum absolute atomic E-state index is 0.286. The van der Waals surface area contributed by atoms with E-state index in [-0.39, 0.29) is 6.61 Å². The molecule has 1 atom stereocenters. The molecule has 8 heavy (non-hydrogen) atoms. The van der Waals surface area contributed by atoms with E-state index >= 15 is 0 Å². The van der Waals surface area contributed by atoms with Crippen LogP contribution in [0.15, 0.2) is 0 Å². The summed E-state index contributed by atoms with van der Waals surface area (Å²) >= 11 is 2.30. The second-order valence-electron chi connectivity index (χ2n) is 1.65. The van der Waals surface area contributed by atoms with Crippen LogP contribution in [-0.2, 0) is 0 Å². The van der Waals surface area contributed by atoms with Crippen LogP contribution in [-0.4, -0.2) is 29.2 Å². The maximum atomic E-state index is 8.46. The first-order chi connectivity index (χ1) is 3.85. The number of hydrogen-bond donors (Lipinski definition) is 2. The van der Waals surface area contributed by atoms with E-state index in [0.29, 0.717) is 6.04 Å². The van der Waals surface area contributed by atoms with Gasteiger partial charge >= 0.3 is 0 Å². The molecule has 0 bridgehead atoms. The largest absolute Gasteiger partial charge is 0.396 e. The number of nitrogens with one attached hydrogen (secondary N) is 1. The lowest BCUT2D eigenvalue weighted by atomic mass is 10.2. The van der Waals surface area contributed by atoms with Crippen molar-refractivity contribution in [1.29, 1.82) is 0 Å². The summed E-state index contributed by atoms with van der Waals surface area (Å²) in [5, 5.41) is 11.5. The minimum Gasteiger partial charge on any atom is -0.396 e. The molecule has 0 fully saturated rings. The average Bonchev–Trinajstić information content (AvgIpc) is 1.83. The summed E-state index contributed by atoms with van der Waals surface area (Å²) in [6.07, 6.45) is 0.861. The third-order valence-electron chi connectivity index (χ3n) is 1.07. The highest BCUT2D eigenvalue weighted by Crippen LogP contribution is 1.94. The molecule has 3 heteroatoms. The molecule has 0 aromatic carbocycles. The van der Waals surface area contributed by atoms with Gasteiger partial charge in [-0.25, -0.2) is 0 Å². The van der Waals surface area contributed by atoms with Gasteiger partial charge < -0.3 is 10.4 Å². The number of aliphatic hydroxyl groups excluding tert-OH is 1. The molecular weight excluding hydrogens is 217 g/mol. The van der Waals surface area contributed by atoms with Gasteiger partial charge in [-0.05, 0) is 13.5 Å². The first-order valence-electron chi connectivity index (χ1n) is 2.69. The van der Waals surface area contributed by atoms with Gasteiger partial charge in [0.25, 0.3) is 0 Å². The topological polar surface area (TPSA) is 32.3 Å². The highest BCUT2D eigenvalue weighted by Gasteiger charge is 1.99. The molecule has 0 aliphatic rings. The Kier molecular flexibility index (Phi) is 6.25. The first kappa shape index (κ1) is 8.65. The number of halogens is 1. The molecule has 0 rings (SSSR count). The molecule has 0 saturated heterocycles. The van der Waals surface area contributed by atoms with Gasteiger partial charge in [0, 0.05) is 17.1 Å². The van der Waals surface area contributed by atoms with Crippen LogP contribution in [0.5, 0.6) is 0 Å². The summed E-state index contributed by atoms with van der Waals surface area (Å²) in [6, 6.07) is 0.487. The van der Waals surface area contributed by atoms with E-state index in [1.165, 1.54) is 0 Å². The predicted molar refractivity (Wildman–Crippen MR) is 43.4 cm³/mol. The normalized spacial score (nSPS) is 13.9. The Hall–Kier alpha value is 0.650. The number of hydrogen-bond acceptors (Lipinski definition) is 2. The zero-order chi connectivity index (χ0) is 6.41. The van der Waals surface area contributed by atoms with E-state index in [1.807, 2.05) is 7.05 Å². The minimum atomic E-state index is 0.286. The molecule has 0 unspecified atom stereocenters. The first-order valence-corrected chi connectivity index (χ1v) is 4.21. The van der Waals surface area contributed by atoms with E-state index in [9.17, 15) is 0 Å². The van der Waals surface area contributed by atoms with Crippen molar-refractivity contribution < 1.29 is 5.11 Å². The van der Waals surface area contributed by atoms with Gasteiger partial charge in [0.2, 0.25) is 0 Å². The molecule has 50 valence electrons. The lowest BCUT2D eigenvalue weighted by molar-refractivity contribution is 0.273. The van der Waals surface area contributed by atoms with E-state index in [2.05, 4.69) is 27.9 Å². The van der Waals surface area contributed by atoms with E-state index in [0.717, 1.165) is 10.8 Å². The van der Waals surface area contributed by atoms with E-state index in [4.69, 9.17) is 5.11 Å². The Bertz CT molecular complexity index is 47.7. The van der Waals surface area contributed by atoms with E-state index < -0.39 is 0 Å². The summed E-state index contributed by atoms with van der Waals surface area (Å²) in [5.41, 5.74) is 0. The van der Waals surface area contributed by atoms with Crippen LogP contribution in [0, 0.1) is 0 Å². The lowest BCUT2D eigenvalue weighted by Gasteiger charge is -2.09. The van der Waals surface area contributed by atoms with Crippen molar-refractivity contribution >= 4 is 22.6 Å². The third-order valence-corrected chi connectivity index (χ3v) is 2.14. The van der Waals surface area contributed by atoms with Gasteiger partial charge in [-0.15, -0.1) is 0 Å². The van der Waals surface area contributed by atoms with Crippen molar-refractivity contribution in [3.8, 4) is 0 Å². The molecule has 0 saturated carbocycles. The third kappa shape index (κ3) is 3.63. The van der Waals surface area contributed by atoms with Crippen molar-refractivity contribution in [1.82, 2.24) is 5.32 Å². The molecule has 0 heterocycles. The molecule has 0 amide bonds. The van der Waals surface area contributed by atoms with Crippen LogP contribution >= 0.6 is 22.6 Å². The van der Waals surface area contributed by atoms with Crippen LogP contribution in [0.1, 0.15) is 6.42 Å². The Balaban J connectivity index is 3.07. The molecular formula is C5H12INO. The molecule has 0 aromatic rings. The molecule has 0 aliphatic heterocycles. The van der Waals surface area contributed by atoms with Crippen molar-refractivity contribution in [2.45, 2.75) is 12.5 Å². The number of rotatable bonds is 4. The van der Waals surface area contributed by atoms with Gasteiger partial charge in [0.1, 0.15) is 0 Å². The summed E-state index contributed by atoms with van der Waals surface area (Å²) < 4.78 is 1.06. The van der Waals surface area contributed by atoms with Crippen molar-refractivity contribution in [2.75, 3.05) is 18.1 Å². The second-order valence-corrected chi connectivity index (χ2v) is 2.53. The van der Waals surface area contributed by atoms with Gasteiger partial charge in [-0.3, -0.25) is 0 Å². The standard InChI is InChI=1S/C5H12INO/c1-7-5(4-6)2-3-8/h5,7-8H,2-4H2,1H3/t5-/m1/s1. The SMILES string of the molecule is CN[C@@H](CI)CCO. The van der Waals surface area contributed by atoms with Gasteiger partial charge in [-0.2, -0.15) is 0 Å². The Labute approximate surface area is 63.8 Å². The lowest BCUT2D eigenvalue weighted by Crippen LogP contribution is -2.27. The predicted octanol–water partition coefficient (Wildman–Crippen LogP) is 0.392. The quantitative estimate of drug-likeness (QED) is 0.540. The summed E-state index contributed by atoms with van der Waals surface area (Å²) in [5.74, 6) is 0. The fraction of sp³-hybridized carbons (Fsp3) is 1.00. The summed E-state index contributed by atoms with van der Waals surface area (Å²) in [7, 11) is 1.92. The Morgan fingerprint density at radius 1 is 1.75 bits per heavy atom. The molecule has 0 radical (unpaired) electrons. The smallest absolute Gasteiger partial charge is 0.0446 e. The van der Waals surface area contributed by atoms with Gasteiger partial charge in [0.15, 0.2) is 0 Å². The van der Waals surface area contributed by atoms with Crippen LogP contribution in [0.4, 0.5) is 0 Å². The zero-order valence-corrected chi connectivity index (χ0v) is 7.18. The van der Waals surface area contributed by atoms with Crippen LogP contribution < -0.4 is 5.32 Å². The Morgan fingerprint density at radius 3 is 2.50 bits per heavy atom. The highest BCUT2D eigenvalue weighted by atomic mass is 127. The Morgan fingerprint density at radius 2 is 2.38 bits per heavy atom. The van der Waals surface area contributed by atoms with Crippen molar-refractivity contribution in [3.05, 3.63) is 0 Å². The van der Waals surface area contributed by atoms with Gasteiger partial charge in [-0.1, -0.05) is 22.6 Å². The number of aliphatic hydroxyl groups is 1. The number of alkyl halides is 1. The second kappa shape index (κ2) is 5.78. The van der Waals surface area contributed by atoms with Crippen molar-refractivity contribution in [3.63, 3.8) is 0 Å². The molecule has 2 nitrogen and oxygen atoms in total. The monoisotopic (exact) mass is 229 g/mol. The van der Waals surface area contributed by atoms with Crippen LogP contribution in [0.2, 0.25) is 0 Å². The molecule has 2 N–H and O–H groups in total. The highest BCUT2D eigenvalue weighted by molar-refractivity contribution is 14.1. The summed E-state index contributed by atoms with van der Waals surface area (Å²) in [4.78, 5) is 0. The van der Waals surface area contributed by atoms with E-state index in [1.54, 1.807) is 0 Å². The maximum Gasteiger partial charge on any atom is 0.0446 e. The fourth-order valence-electron chi connectivity index (χ4n) is 0.454. The van der Waals surface area contributed by atoms with Crippen LogP contribution in [0.25, 0.3) is 0 Å². The maximum absolute atomic E-state index is 8.46. The molecule has 0 aliphatic carbocycles. The van der Waals surface area contributed by atoms with Gasteiger partial charge in [0.05, 0.1) is 0 Å². The van der Waals surface area contributed by atoms with Crippen LogP contribution in [0.3, 0.4) is 0 Å². The molecule has 0 aromatic heterocycles.